The summed E-state index contributed by atoms with van der Waals surface area (Å²) in [5.74, 6) is 6.18. The number of hydrogen-bond donors (Lipinski definition) is 2. The lowest BCUT2D eigenvalue weighted by atomic mass is 9.91. The van der Waals surface area contributed by atoms with Gasteiger partial charge in [0.25, 0.3) is 0 Å². The maximum Gasteiger partial charge on any atom is 0.146 e. The number of benzene rings is 1. The molecule has 0 saturated carbocycles. The Bertz CT molecular complexity index is 1060. The predicted octanol–water partition coefficient (Wildman–Crippen LogP) is 1.29. The van der Waals surface area contributed by atoms with Crippen LogP contribution in [0.3, 0.4) is 0 Å². The van der Waals surface area contributed by atoms with Crippen molar-refractivity contribution in [1.29, 1.82) is 0 Å². The van der Waals surface area contributed by atoms with Gasteiger partial charge >= 0.3 is 0 Å². The molecule has 1 aliphatic rings. The van der Waals surface area contributed by atoms with E-state index < -0.39 is 0 Å². The van der Waals surface area contributed by atoms with Crippen molar-refractivity contribution in [1.82, 2.24) is 19.9 Å². The van der Waals surface area contributed by atoms with E-state index in [1.807, 2.05) is 12.1 Å². The van der Waals surface area contributed by atoms with Gasteiger partial charge in [-0.1, -0.05) is 12.0 Å². The summed E-state index contributed by atoms with van der Waals surface area (Å²) in [6.45, 7) is 0. The quantitative estimate of drug-likeness (QED) is 0.405. The van der Waals surface area contributed by atoms with E-state index >= 15 is 0 Å². The van der Waals surface area contributed by atoms with Crippen molar-refractivity contribution in [3.05, 3.63) is 46.9 Å². The molecule has 6 nitrogen and oxygen atoms in total. The topological polar surface area (TPSA) is 91.5 Å². The third-order valence-corrected chi connectivity index (χ3v) is 5.37. The van der Waals surface area contributed by atoms with E-state index in [0.29, 0.717) is 11.3 Å². The van der Waals surface area contributed by atoms with Crippen molar-refractivity contribution in [3.63, 3.8) is 0 Å². The Balaban J connectivity index is 1.61. The summed E-state index contributed by atoms with van der Waals surface area (Å²) in [4.78, 5) is 36.2. The molecule has 8 heteroatoms. The number of aromatic amines is 2. The minimum atomic E-state index is 0.0211. The summed E-state index contributed by atoms with van der Waals surface area (Å²) in [5.41, 5.74) is 7.37. The molecule has 0 saturated heterocycles. The molecule has 1 aliphatic carbocycles. The molecule has 2 N–H and O–H groups in total. The number of H-pyrrole nitrogens is 2. The van der Waals surface area contributed by atoms with Gasteiger partial charge in [-0.25, -0.2) is 9.97 Å². The van der Waals surface area contributed by atoms with Crippen LogP contribution in [-0.4, -0.2) is 32.0 Å². The molecule has 4 rings (SSSR count). The van der Waals surface area contributed by atoms with Gasteiger partial charge in [0.1, 0.15) is 28.9 Å². The number of nitrogens with one attached hydrogen (secondary N) is 2. The number of carbonyl (C=O) groups excluding carboxylic acids is 2. The minimum Gasteiger partial charge on any atom is -0.341 e. The zero-order chi connectivity index (χ0) is 17.9. The number of carbonyl (C=O) groups is 2. The van der Waals surface area contributed by atoms with Crippen LogP contribution in [0.5, 0.6) is 0 Å². The van der Waals surface area contributed by atoms with Crippen molar-refractivity contribution >= 4 is 40.3 Å². The molecule has 1 aromatic carbocycles. The Kier molecular flexibility index (Phi) is 4.75. The van der Waals surface area contributed by atoms with Crippen LogP contribution in [0.15, 0.2) is 24.4 Å². The van der Waals surface area contributed by atoms with Crippen LogP contribution >= 0.6 is 17.2 Å². The molecule has 2 aromatic heterocycles. The highest BCUT2D eigenvalue weighted by Gasteiger charge is 2.20. The first-order chi connectivity index (χ1) is 12.8. The number of aromatic nitrogens is 4. The van der Waals surface area contributed by atoms with E-state index in [1.165, 1.54) is 5.56 Å². The molecule has 3 aromatic rings. The summed E-state index contributed by atoms with van der Waals surface area (Å²) in [6.07, 6.45) is 3.44. The molecular weight excluding hydrogens is 366 g/mol. The van der Waals surface area contributed by atoms with Gasteiger partial charge in [-0.3, -0.25) is 9.59 Å². The Hall–Kier alpha value is -2.60. The first kappa shape index (κ1) is 16.8. The van der Waals surface area contributed by atoms with Gasteiger partial charge < -0.3 is 9.97 Å². The van der Waals surface area contributed by atoms with Gasteiger partial charge in [-0.05, 0) is 36.5 Å². The largest absolute Gasteiger partial charge is 0.341 e. The van der Waals surface area contributed by atoms with Gasteiger partial charge in [-0.2, -0.15) is 0 Å². The maximum atomic E-state index is 10.7. The molecular formula is C18H14N4O2P2. The molecule has 0 aliphatic heterocycles. The summed E-state index contributed by atoms with van der Waals surface area (Å²) in [7, 11) is 0.0796. The summed E-state index contributed by atoms with van der Waals surface area (Å²) in [6, 6.07) is 7.83. The Morgan fingerprint density at radius 1 is 1.04 bits per heavy atom. The second-order valence-electron chi connectivity index (χ2n) is 5.70. The van der Waals surface area contributed by atoms with Crippen LogP contribution in [-0.2, 0) is 22.4 Å². The molecule has 2 heterocycles. The lowest BCUT2D eigenvalue weighted by Gasteiger charge is -2.15. The molecule has 2 atom stereocenters. The van der Waals surface area contributed by atoms with E-state index in [1.54, 1.807) is 6.20 Å². The van der Waals surface area contributed by atoms with E-state index in [-0.39, 0.29) is 17.2 Å². The number of aryl methyl sites for hydroxylation is 2. The minimum absolute atomic E-state index is 0.0211. The SMILES string of the molecule is O=CPc1ncc(C#Cc2ccc3c(c2)CCc2[nH]c(PC=O)nc2-3)[nH]1. The standard InChI is InChI=1S/C18H14N4O2P2/c23-9-25-17-19-8-13(20-17)4-1-11-2-5-14-12(7-11)3-6-15-16(14)22-18(21-15)26-10-24/h2,5,7-10,25-26H,3,6H2,(H,19,20)(H,21,22). The van der Waals surface area contributed by atoms with Crippen LogP contribution in [0.4, 0.5) is 0 Å². The Morgan fingerprint density at radius 2 is 1.88 bits per heavy atom. The second-order valence-corrected chi connectivity index (χ2v) is 7.70. The fraction of sp³-hybridized carbons (Fsp3) is 0.111. The van der Waals surface area contributed by atoms with Crippen molar-refractivity contribution in [2.24, 2.45) is 0 Å². The average molecular weight is 380 g/mol. The first-order valence-corrected chi connectivity index (χ1v) is 10.1. The molecule has 2 unspecified atom stereocenters. The average Bonchev–Trinajstić information content (AvgIpc) is 3.27. The van der Waals surface area contributed by atoms with Crippen molar-refractivity contribution in [3.8, 4) is 23.1 Å². The van der Waals surface area contributed by atoms with Crippen molar-refractivity contribution in [2.45, 2.75) is 12.8 Å². The fourth-order valence-corrected chi connectivity index (χ4v) is 3.93. The zero-order valence-corrected chi connectivity index (χ0v) is 15.6. The fourth-order valence-electron chi connectivity index (χ4n) is 2.96. The number of rotatable bonds is 4. The molecule has 26 heavy (non-hydrogen) atoms. The van der Waals surface area contributed by atoms with E-state index in [2.05, 4.69) is 37.8 Å². The molecule has 0 bridgehead atoms. The maximum absolute atomic E-state index is 10.7. The second kappa shape index (κ2) is 7.33. The van der Waals surface area contributed by atoms with Gasteiger partial charge in [0.15, 0.2) is 0 Å². The monoisotopic (exact) mass is 380 g/mol. The normalized spacial score (nSPS) is 12.8. The molecule has 0 amide bonds. The summed E-state index contributed by atoms with van der Waals surface area (Å²) < 4.78 is 0. The highest BCUT2D eigenvalue weighted by atomic mass is 31.1. The van der Waals surface area contributed by atoms with Crippen LogP contribution in [0, 0.1) is 11.8 Å². The lowest BCUT2D eigenvalue weighted by Crippen LogP contribution is -2.03. The van der Waals surface area contributed by atoms with E-state index in [4.69, 9.17) is 0 Å². The number of hydrogen-bond acceptors (Lipinski definition) is 4. The Morgan fingerprint density at radius 3 is 2.73 bits per heavy atom. The Labute approximate surface area is 153 Å². The van der Waals surface area contributed by atoms with Gasteiger partial charge in [0.2, 0.25) is 0 Å². The lowest BCUT2D eigenvalue weighted by molar-refractivity contribution is 0.569. The van der Waals surface area contributed by atoms with Crippen LogP contribution in [0.2, 0.25) is 0 Å². The van der Waals surface area contributed by atoms with Crippen LogP contribution < -0.4 is 11.1 Å². The third kappa shape index (κ3) is 3.37. The molecule has 0 fully saturated rings. The van der Waals surface area contributed by atoms with E-state index in [0.717, 1.165) is 53.0 Å². The van der Waals surface area contributed by atoms with Gasteiger partial charge in [-0.15, -0.1) is 0 Å². The van der Waals surface area contributed by atoms with E-state index in [9.17, 15) is 9.59 Å². The highest BCUT2D eigenvalue weighted by molar-refractivity contribution is 7.62. The van der Waals surface area contributed by atoms with Gasteiger partial charge in [0, 0.05) is 34.0 Å². The summed E-state index contributed by atoms with van der Waals surface area (Å²) >= 11 is 0. The van der Waals surface area contributed by atoms with Crippen LogP contribution in [0.1, 0.15) is 22.5 Å². The molecule has 0 spiro atoms. The number of nitrogens with zero attached hydrogens (tertiary/aromatic N) is 2. The third-order valence-electron chi connectivity index (χ3n) is 4.09. The number of fused-ring (bicyclic) bond motifs is 3. The van der Waals surface area contributed by atoms with Crippen molar-refractivity contribution < 1.29 is 9.59 Å². The number of imidazole rings is 2. The van der Waals surface area contributed by atoms with Gasteiger partial charge in [0.05, 0.1) is 11.9 Å². The van der Waals surface area contributed by atoms with Crippen molar-refractivity contribution in [2.75, 3.05) is 0 Å². The first-order valence-electron chi connectivity index (χ1n) is 7.96. The predicted molar refractivity (Wildman–Crippen MR) is 105 cm³/mol. The van der Waals surface area contributed by atoms with Crippen LogP contribution in [0.25, 0.3) is 11.3 Å². The molecule has 128 valence electrons. The highest BCUT2D eigenvalue weighted by Crippen LogP contribution is 2.31. The summed E-state index contributed by atoms with van der Waals surface area (Å²) in [5, 5.41) is 0. The smallest absolute Gasteiger partial charge is 0.146 e. The molecule has 0 radical (unpaired) electrons. The zero-order valence-electron chi connectivity index (χ0n) is 13.6.